The van der Waals surface area contributed by atoms with E-state index in [9.17, 15) is 5.11 Å². The molecule has 0 fully saturated rings. The summed E-state index contributed by atoms with van der Waals surface area (Å²) in [6, 6.07) is 2.61. The number of aliphatic hydroxyl groups is 1. The SMILES string of the molecule is CC(O)CN(Cc1cc2cnn(C(C)C)c2nc1Cl)C(C)C. The first-order valence-electron chi connectivity index (χ1n) is 7.74. The van der Waals surface area contributed by atoms with E-state index in [-0.39, 0.29) is 12.1 Å². The maximum Gasteiger partial charge on any atom is 0.159 e. The Morgan fingerprint density at radius 1 is 1.27 bits per heavy atom. The topological polar surface area (TPSA) is 54.2 Å². The number of aliphatic hydroxyl groups excluding tert-OH is 1. The number of pyridine rings is 1. The molecule has 0 aliphatic rings. The van der Waals surface area contributed by atoms with Crippen LogP contribution in [0.15, 0.2) is 12.3 Å². The van der Waals surface area contributed by atoms with Crippen molar-refractivity contribution in [1.82, 2.24) is 19.7 Å². The molecule has 2 rings (SSSR count). The number of hydrogen-bond acceptors (Lipinski definition) is 4. The van der Waals surface area contributed by atoms with Gasteiger partial charge in [-0.1, -0.05) is 11.6 Å². The lowest BCUT2D eigenvalue weighted by molar-refractivity contribution is 0.103. The van der Waals surface area contributed by atoms with E-state index in [0.29, 0.717) is 24.3 Å². The minimum absolute atomic E-state index is 0.245. The van der Waals surface area contributed by atoms with Gasteiger partial charge < -0.3 is 5.11 Å². The van der Waals surface area contributed by atoms with Crippen LogP contribution in [0.2, 0.25) is 5.15 Å². The van der Waals surface area contributed by atoms with Crippen molar-refractivity contribution < 1.29 is 5.11 Å². The minimum Gasteiger partial charge on any atom is -0.392 e. The zero-order valence-electron chi connectivity index (χ0n) is 13.9. The Morgan fingerprint density at radius 2 is 1.95 bits per heavy atom. The number of hydrogen-bond donors (Lipinski definition) is 1. The van der Waals surface area contributed by atoms with Gasteiger partial charge in [-0.05, 0) is 40.7 Å². The third kappa shape index (κ3) is 3.77. The lowest BCUT2D eigenvalue weighted by atomic mass is 10.2. The van der Waals surface area contributed by atoms with E-state index in [4.69, 9.17) is 11.6 Å². The number of aromatic nitrogens is 3. The van der Waals surface area contributed by atoms with Crippen LogP contribution in [0.4, 0.5) is 0 Å². The molecular weight excluding hydrogens is 300 g/mol. The molecule has 5 nitrogen and oxygen atoms in total. The van der Waals surface area contributed by atoms with Crippen molar-refractivity contribution in [2.24, 2.45) is 0 Å². The van der Waals surface area contributed by atoms with Crippen LogP contribution < -0.4 is 0 Å². The summed E-state index contributed by atoms with van der Waals surface area (Å²) in [6.07, 6.45) is 1.46. The fourth-order valence-corrected chi connectivity index (χ4v) is 2.70. The molecule has 6 heteroatoms. The third-order valence-corrected chi connectivity index (χ3v) is 4.01. The summed E-state index contributed by atoms with van der Waals surface area (Å²) in [4.78, 5) is 6.71. The predicted octanol–water partition coefficient (Wildman–Crippen LogP) is 3.26. The van der Waals surface area contributed by atoms with Crippen LogP contribution in [-0.4, -0.2) is 43.5 Å². The normalized spacial score (nSPS) is 13.7. The maximum atomic E-state index is 9.65. The van der Waals surface area contributed by atoms with E-state index < -0.39 is 0 Å². The second-order valence-corrected chi connectivity index (χ2v) is 6.76. The van der Waals surface area contributed by atoms with Crippen LogP contribution in [0.5, 0.6) is 0 Å². The molecule has 0 aliphatic carbocycles. The average Bonchev–Trinajstić information content (AvgIpc) is 2.80. The molecule has 0 spiro atoms. The van der Waals surface area contributed by atoms with E-state index in [1.165, 1.54) is 0 Å². The Kier molecular flexibility index (Phi) is 5.42. The van der Waals surface area contributed by atoms with Crippen molar-refractivity contribution in [2.75, 3.05) is 6.54 Å². The van der Waals surface area contributed by atoms with Gasteiger partial charge in [0.1, 0.15) is 5.15 Å². The van der Waals surface area contributed by atoms with Crippen molar-refractivity contribution in [1.29, 1.82) is 0 Å². The largest absolute Gasteiger partial charge is 0.392 e. The van der Waals surface area contributed by atoms with E-state index in [1.807, 2.05) is 16.9 Å². The van der Waals surface area contributed by atoms with Gasteiger partial charge in [0, 0.05) is 36.1 Å². The molecule has 0 aromatic carbocycles. The highest BCUT2D eigenvalue weighted by molar-refractivity contribution is 6.30. The second-order valence-electron chi connectivity index (χ2n) is 6.41. The maximum absolute atomic E-state index is 9.65. The third-order valence-electron chi connectivity index (χ3n) is 3.69. The fraction of sp³-hybridized carbons (Fsp3) is 0.625. The first-order chi connectivity index (χ1) is 10.3. The van der Waals surface area contributed by atoms with Gasteiger partial charge in [-0.25, -0.2) is 9.67 Å². The molecule has 0 saturated carbocycles. The van der Waals surface area contributed by atoms with Gasteiger partial charge >= 0.3 is 0 Å². The van der Waals surface area contributed by atoms with E-state index in [2.05, 4.69) is 42.7 Å². The molecule has 22 heavy (non-hydrogen) atoms. The Morgan fingerprint density at radius 3 is 2.50 bits per heavy atom. The number of rotatable bonds is 6. The van der Waals surface area contributed by atoms with Crippen LogP contribution in [0.25, 0.3) is 11.0 Å². The van der Waals surface area contributed by atoms with Crippen molar-refractivity contribution in [2.45, 2.75) is 59.4 Å². The van der Waals surface area contributed by atoms with E-state index in [0.717, 1.165) is 16.6 Å². The summed E-state index contributed by atoms with van der Waals surface area (Å²) < 4.78 is 1.88. The molecule has 0 radical (unpaired) electrons. The van der Waals surface area contributed by atoms with Gasteiger partial charge in [0.2, 0.25) is 0 Å². The molecule has 0 bridgehead atoms. The Balaban J connectivity index is 2.33. The lowest BCUT2D eigenvalue weighted by Gasteiger charge is -2.28. The summed E-state index contributed by atoms with van der Waals surface area (Å²) in [5, 5.41) is 15.5. The highest BCUT2D eigenvalue weighted by Crippen LogP contribution is 2.24. The van der Waals surface area contributed by atoms with Crippen LogP contribution >= 0.6 is 11.6 Å². The molecule has 122 valence electrons. The standard InChI is InChI=1S/C16H25ClN4O/c1-10(2)20(8-12(5)22)9-14-6-13-7-18-21(11(3)4)16(13)19-15(14)17/h6-7,10-12,22H,8-9H2,1-5H3. The zero-order valence-corrected chi connectivity index (χ0v) is 14.7. The van der Waals surface area contributed by atoms with Crippen LogP contribution in [0.3, 0.4) is 0 Å². The average molecular weight is 325 g/mol. The Hall–Kier alpha value is -1.17. The molecule has 2 aromatic rings. The van der Waals surface area contributed by atoms with Gasteiger partial charge in [-0.3, -0.25) is 4.90 Å². The summed E-state index contributed by atoms with van der Waals surface area (Å²) >= 11 is 6.38. The summed E-state index contributed by atoms with van der Waals surface area (Å²) in [5.74, 6) is 0. The highest BCUT2D eigenvalue weighted by atomic mass is 35.5. The number of nitrogens with zero attached hydrogens (tertiary/aromatic N) is 4. The van der Waals surface area contributed by atoms with Crippen molar-refractivity contribution in [3.8, 4) is 0 Å². The quantitative estimate of drug-likeness (QED) is 0.829. The smallest absolute Gasteiger partial charge is 0.159 e. The van der Waals surface area contributed by atoms with Crippen molar-refractivity contribution >= 4 is 22.6 Å². The molecular formula is C16H25ClN4O. The molecule has 1 unspecified atom stereocenters. The molecule has 0 amide bonds. The first kappa shape index (κ1) is 17.2. The van der Waals surface area contributed by atoms with Crippen LogP contribution in [0, 0.1) is 0 Å². The van der Waals surface area contributed by atoms with E-state index in [1.54, 1.807) is 6.92 Å². The molecule has 2 heterocycles. The number of halogens is 1. The van der Waals surface area contributed by atoms with Gasteiger partial charge in [0.05, 0.1) is 12.3 Å². The van der Waals surface area contributed by atoms with Gasteiger partial charge in [0.15, 0.2) is 5.65 Å². The number of fused-ring (bicyclic) bond motifs is 1. The first-order valence-corrected chi connectivity index (χ1v) is 8.12. The van der Waals surface area contributed by atoms with Crippen LogP contribution in [0.1, 0.15) is 46.2 Å². The minimum atomic E-state index is -0.374. The van der Waals surface area contributed by atoms with Gasteiger partial charge in [-0.15, -0.1) is 0 Å². The summed E-state index contributed by atoms with van der Waals surface area (Å²) in [7, 11) is 0. The molecule has 2 aromatic heterocycles. The second kappa shape index (κ2) is 6.94. The van der Waals surface area contributed by atoms with Gasteiger partial charge in [-0.2, -0.15) is 5.10 Å². The fourth-order valence-electron chi connectivity index (χ4n) is 2.50. The summed E-state index contributed by atoms with van der Waals surface area (Å²) in [6.45, 7) is 11.4. The monoisotopic (exact) mass is 324 g/mol. The highest BCUT2D eigenvalue weighted by Gasteiger charge is 2.17. The Bertz CT molecular complexity index is 636. The van der Waals surface area contributed by atoms with Crippen molar-refractivity contribution in [3.05, 3.63) is 23.0 Å². The molecule has 1 N–H and O–H groups in total. The predicted molar refractivity (Wildman–Crippen MR) is 90.1 cm³/mol. The van der Waals surface area contributed by atoms with Gasteiger partial charge in [0.25, 0.3) is 0 Å². The van der Waals surface area contributed by atoms with Crippen LogP contribution in [-0.2, 0) is 6.54 Å². The van der Waals surface area contributed by atoms with E-state index >= 15 is 0 Å². The van der Waals surface area contributed by atoms with Crippen molar-refractivity contribution in [3.63, 3.8) is 0 Å². The summed E-state index contributed by atoms with van der Waals surface area (Å²) in [5.41, 5.74) is 1.78. The lowest BCUT2D eigenvalue weighted by Crippen LogP contribution is -2.36. The Labute approximate surface area is 136 Å². The zero-order chi connectivity index (χ0) is 16.4. The molecule has 0 saturated heterocycles. The molecule has 1 atom stereocenters. The molecule has 0 aliphatic heterocycles.